The van der Waals surface area contributed by atoms with Crippen molar-refractivity contribution in [2.75, 3.05) is 0 Å². The predicted octanol–water partition coefficient (Wildman–Crippen LogP) is 1.71. The number of para-hydroxylation sites is 1. The molecule has 0 N–H and O–H groups in total. The molecule has 0 aliphatic rings. The first-order valence-corrected chi connectivity index (χ1v) is 5.57. The molecule has 1 aromatic heterocycles. The highest BCUT2D eigenvalue weighted by atomic mass is 16.6. The van der Waals surface area contributed by atoms with E-state index in [9.17, 15) is 25.0 Å². The maximum atomic E-state index is 11.8. The summed E-state index contributed by atoms with van der Waals surface area (Å²) in [6, 6.07) is 8.39. The number of nitrogens with zero attached hydrogens (tertiary/aromatic N) is 3. The summed E-state index contributed by atoms with van der Waals surface area (Å²) in [7, 11) is 0. The summed E-state index contributed by atoms with van der Waals surface area (Å²) < 4.78 is 1.07. The van der Waals surface area contributed by atoms with Crippen LogP contribution in [-0.2, 0) is 6.54 Å². The normalized spacial score (nSPS) is 10.2. The van der Waals surface area contributed by atoms with Gasteiger partial charge in [0.1, 0.15) is 0 Å². The van der Waals surface area contributed by atoms with E-state index in [0.29, 0.717) is 5.56 Å². The number of hydrogen-bond acceptors (Lipinski definition) is 5. The van der Waals surface area contributed by atoms with Crippen LogP contribution in [0.2, 0.25) is 0 Å². The van der Waals surface area contributed by atoms with Gasteiger partial charge in [0.2, 0.25) is 0 Å². The van der Waals surface area contributed by atoms with Crippen molar-refractivity contribution in [3.05, 3.63) is 78.7 Å². The number of benzene rings is 1. The fraction of sp³-hybridized carbons (Fsp3) is 0.0833. The van der Waals surface area contributed by atoms with Gasteiger partial charge in [0.15, 0.2) is 0 Å². The maximum Gasteiger partial charge on any atom is 0.334 e. The first-order chi connectivity index (χ1) is 9.50. The van der Waals surface area contributed by atoms with Crippen molar-refractivity contribution in [3.8, 4) is 0 Å². The smallest absolute Gasteiger partial charge is 0.305 e. The van der Waals surface area contributed by atoms with E-state index in [-0.39, 0.29) is 12.2 Å². The van der Waals surface area contributed by atoms with E-state index in [1.807, 2.05) is 0 Å². The lowest BCUT2D eigenvalue weighted by Crippen LogP contribution is -2.22. The second kappa shape index (κ2) is 5.31. The van der Waals surface area contributed by atoms with Crippen molar-refractivity contribution in [1.82, 2.24) is 4.57 Å². The maximum absolute atomic E-state index is 11.8. The minimum absolute atomic E-state index is 0.0995. The number of aromatic nitrogens is 1. The van der Waals surface area contributed by atoms with Crippen LogP contribution in [0.4, 0.5) is 11.4 Å². The van der Waals surface area contributed by atoms with Crippen LogP contribution in [0.5, 0.6) is 0 Å². The molecule has 2 aromatic rings. The molecule has 2 rings (SSSR count). The van der Waals surface area contributed by atoms with E-state index in [2.05, 4.69) is 0 Å². The second-order valence-corrected chi connectivity index (χ2v) is 3.97. The van der Waals surface area contributed by atoms with Crippen molar-refractivity contribution < 1.29 is 9.85 Å². The Kier molecular flexibility index (Phi) is 3.56. The quantitative estimate of drug-likeness (QED) is 0.623. The van der Waals surface area contributed by atoms with Gasteiger partial charge in [-0.15, -0.1) is 0 Å². The third-order valence-electron chi connectivity index (χ3n) is 2.73. The van der Waals surface area contributed by atoms with E-state index >= 15 is 0 Å². The Balaban J connectivity index is 2.46. The highest BCUT2D eigenvalue weighted by molar-refractivity contribution is 5.40. The molecule has 0 aliphatic heterocycles. The summed E-state index contributed by atoms with van der Waals surface area (Å²) in [4.78, 5) is 32.1. The lowest BCUT2D eigenvalue weighted by Gasteiger charge is -2.05. The molecule has 102 valence electrons. The Bertz CT molecular complexity index is 738. The number of nitro benzene ring substituents is 1. The van der Waals surface area contributed by atoms with Crippen molar-refractivity contribution >= 4 is 11.4 Å². The molecule has 20 heavy (non-hydrogen) atoms. The number of rotatable bonds is 4. The minimum atomic E-state index is -0.796. The molecule has 8 nitrogen and oxygen atoms in total. The molecule has 0 saturated carbocycles. The van der Waals surface area contributed by atoms with Gasteiger partial charge in [-0.25, -0.2) is 0 Å². The summed E-state index contributed by atoms with van der Waals surface area (Å²) in [5.41, 5.74) is -1.19. The first kappa shape index (κ1) is 13.4. The molecule has 0 aliphatic carbocycles. The molecule has 1 aromatic carbocycles. The van der Waals surface area contributed by atoms with Crippen LogP contribution in [0.3, 0.4) is 0 Å². The van der Waals surface area contributed by atoms with Crippen molar-refractivity contribution in [1.29, 1.82) is 0 Å². The summed E-state index contributed by atoms with van der Waals surface area (Å²) in [5.74, 6) is 0. The average Bonchev–Trinajstić information content (AvgIpc) is 2.41. The van der Waals surface area contributed by atoms with E-state index in [1.54, 1.807) is 6.07 Å². The van der Waals surface area contributed by atoms with Gasteiger partial charge in [-0.1, -0.05) is 18.2 Å². The fourth-order valence-electron chi connectivity index (χ4n) is 1.79. The Morgan fingerprint density at radius 2 is 1.55 bits per heavy atom. The van der Waals surface area contributed by atoms with Crippen molar-refractivity contribution in [3.63, 3.8) is 0 Å². The Morgan fingerprint density at radius 1 is 0.950 bits per heavy atom. The molecule has 0 atom stereocenters. The standard InChI is InChI=1S/C12H9N3O5/c16-12-11(15(19)20)6-3-7-13(12)8-9-4-1-2-5-10(9)14(17)18/h1-7H,8H2. The third kappa shape index (κ3) is 2.53. The van der Waals surface area contributed by atoms with Crippen molar-refractivity contribution in [2.45, 2.75) is 6.54 Å². The SMILES string of the molecule is O=c1c([N+](=O)[O-])cccn1Cc1ccccc1[N+](=O)[O-]. The summed E-state index contributed by atoms with van der Waals surface area (Å²) in [6.45, 7) is -0.0995. The molecule has 0 amide bonds. The predicted molar refractivity (Wildman–Crippen MR) is 69.6 cm³/mol. The first-order valence-electron chi connectivity index (χ1n) is 5.57. The molecule has 0 spiro atoms. The number of hydrogen-bond donors (Lipinski definition) is 0. The molecule has 1 heterocycles. The molecule has 0 fully saturated rings. The van der Waals surface area contributed by atoms with Crippen LogP contribution in [-0.4, -0.2) is 14.4 Å². The van der Waals surface area contributed by atoms with Crippen LogP contribution in [0.15, 0.2) is 47.4 Å². The molecular formula is C12H9N3O5. The zero-order valence-corrected chi connectivity index (χ0v) is 10.1. The highest BCUT2D eigenvalue weighted by Gasteiger charge is 2.17. The molecule has 0 saturated heterocycles. The van der Waals surface area contributed by atoms with Crippen LogP contribution >= 0.6 is 0 Å². The highest BCUT2D eigenvalue weighted by Crippen LogP contribution is 2.18. The number of pyridine rings is 1. The van der Waals surface area contributed by atoms with E-state index in [0.717, 1.165) is 10.6 Å². The minimum Gasteiger partial charge on any atom is -0.305 e. The Morgan fingerprint density at radius 3 is 2.20 bits per heavy atom. The topological polar surface area (TPSA) is 108 Å². The monoisotopic (exact) mass is 275 g/mol. The summed E-state index contributed by atoms with van der Waals surface area (Å²) in [5, 5.41) is 21.6. The molecule has 0 unspecified atom stereocenters. The van der Waals surface area contributed by atoms with Crippen molar-refractivity contribution in [2.24, 2.45) is 0 Å². The fourth-order valence-corrected chi connectivity index (χ4v) is 1.79. The van der Waals surface area contributed by atoms with Gasteiger partial charge >= 0.3 is 11.2 Å². The zero-order chi connectivity index (χ0) is 14.7. The molecular weight excluding hydrogens is 266 g/mol. The average molecular weight is 275 g/mol. The van der Waals surface area contributed by atoms with Gasteiger partial charge in [0.05, 0.1) is 16.4 Å². The zero-order valence-electron chi connectivity index (χ0n) is 10.1. The third-order valence-corrected chi connectivity index (χ3v) is 2.73. The van der Waals surface area contributed by atoms with E-state index < -0.39 is 21.1 Å². The van der Waals surface area contributed by atoms with Crippen LogP contribution in [0, 0.1) is 20.2 Å². The van der Waals surface area contributed by atoms with Gasteiger partial charge in [-0.3, -0.25) is 25.0 Å². The number of nitro groups is 2. The van der Waals surface area contributed by atoms with Gasteiger partial charge in [0, 0.05) is 23.9 Å². The van der Waals surface area contributed by atoms with E-state index in [1.165, 1.54) is 30.5 Å². The van der Waals surface area contributed by atoms with Crippen LogP contribution in [0.1, 0.15) is 5.56 Å². The van der Waals surface area contributed by atoms with Crippen LogP contribution in [0.25, 0.3) is 0 Å². The second-order valence-electron chi connectivity index (χ2n) is 3.97. The van der Waals surface area contributed by atoms with Gasteiger partial charge < -0.3 is 4.57 Å². The molecule has 0 bridgehead atoms. The largest absolute Gasteiger partial charge is 0.334 e. The lowest BCUT2D eigenvalue weighted by atomic mass is 10.2. The van der Waals surface area contributed by atoms with Gasteiger partial charge in [0.25, 0.3) is 5.69 Å². The van der Waals surface area contributed by atoms with Gasteiger partial charge in [-0.05, 0) is 6.07 Å². The summed E-state index contributed by atoms with van der Waals surface area (Å²) in [6.07, 6.45) is 1.35. The van der Waals surface area contributed by atoms with Gasteiger partial charge in [-0.2, -0.15) is 0 Å². The van der Waals surface area contributed by atoms with E-state index in [4.69, 9.17) is 0 Å². The summed E-state index contributed by atoms with van der Waals surface area (Å²) >= 11 is 0. The van der Waals surface area contributed by atoms with Crippen LogP contribution < -0.4 is 5.56 Å². The Labute approximate surface area is 112 Å². The molecule has 0 radical (unpaired) electrons. The Hall–Kier alpha value is -3.03. The lowest BCUT2D eigenvalue weighted by molar-refractivity contribution is -0.386. The molecule has 8 heteroatoms.